The van der Waals surface area contributed by atoms with Crippen molar-refractivity contribution >= 4 is 0 Å². The van der Waals surface area contributed by atoms with Gasteiger partial charge in [0.2, 0.25) is 0 Å². The number of hydrogen-bond acceptors (Lipinski definition) is 6. The third kappa shape index (κ3) is 18.6. The molecule has 0 aliphatic heterocycles. The van der Waals surface area contributed by atoms with Crippen LogP contribution in [0.4, 0.5) is 0 Å². The summed E-state index contributed by atoms with van der Waals surface area (Å²) in [6, 6.07) is 0. The van der Waals surface area contributed by atoms with Crippen LogP contribution in [-0.4, -0.2) is 60.8 Å². The molecule has 0 fully saturated rings. The molecule has 0 spiro atoms. The summed E-state index contributed by atoms with van der Waals surface area (Å²) in [6.45, 7) is 2.40. The Morgan fingerprint density at radius 1 is 1.00 bits per heavy atom. The zero-order chi connectivity index (χ0) is 10.5. The van der Waals surface area contributed by atoms with Gasteiger partial charge in [-0.25, -0.2) is 0 Å². The van der Waals surface area contributed by atoms with Crippen molar-refractivity contribution in [3.8, 4) is 0 Å². The second-order valence-electron chi connectivity index (χ2n) is 2.35. The summed E-state index contributed by atoms with van der Waals surface area (Å²) >= 11 is 0. The summed E-state index contributed by atoms with van der Waals surface area (Å²) in [5, 5.41) is 27.1. The lowest BCUT2D eigenvalue weighted by molar-refractivity contribution is 0.0450. The fraction of sp³-hybridized carbons (Fsp3) is 1.00. The van der Waals surface area contributed by atoms with Gasteiger partial charge in [0.15, 0.2) is 0 Å². The van der Waals surface area contributed by atoms with E-state index >= 15 is 0 Å². The highest BCUT2D eigenvalue weighted by atomic mass is 16.3. The van der Waals surface area contributed by atoms with Gasteiger partial charge in [0.25, 0.3) is 0 Å². The molecule has 0 aromatic heterocycles. The maximum absolute atomic E-state index is 8.17. The molecule has 0 bridgehead atoms. The van der Waals surface area contributed by atoms with Crippen LogP contribution in [0.2, 0.25) is 0 Å². The lowest BCUT2D eigenvalue weighted by Gasteiger charge is -1.96. The monoisotopic (exact) mass is 195 g/mol. The molecule has 82 valence electrons. The van der Waals surface area contributed by atoms with Gasteiger partial charge >= 0.3 is 0 Å². The van der Waals surface area contributed by atoms with Crippen LogP contribution >= 0.6 is 0 Å². The van der Waals surface area contributed by atoms with E-state index in [-0.39, 0.29) is 13.2 Å². The minimum absolute atomic E-state index is 0.365. The molecule has 13 heavy (non-hydrogen) atoms. The maximum atomic E-state index is 8.17. The van der Waals surface area contributed by atoms with E-state index in [1.165, 1.54) is 0 Å². The van der Waals surface area contributed by atoms with Crippen molar-refractivity contribution in [2.45, 2.75) is 6.10 Å². The fourth-order valence-electron chi connectivity index (χ4n) is 0.387. The summed E-state index contributed by atoms with van der Waals surface area (Å²) in [5.41, 5.74) is 10.3. The van der Waals surface area contributed by atoms with Crippen molar-refractivity contribution in [1.82, 2.24) is 5.32 Å². The maximum Gasteiger partial charge on any atom is 0.100 e. The third-order valence-electron chi connectivity index (χ3n) is 1.06. The van der Waals surface area contributed by atoms with Crippen LogP contribution in [0.5, 0.6) is 0 Å². The van der Waals surface area contributed by atoms with E-state index in [1.807, 2.05) is 0 Å². The minimum atomic E-state index is -0.954. The number of aliphatic hydroxyl groups is 3. The van der Waals surface area contributed by atoms with E-state index in [0.717, 1.165) is 13.1 Å². The van der Waals surface area contributed by atoms with Gasteiger partial charge in [-0.2, -0.15) is 0 Å². The molecule has 6 nitrogen and oxygen atoms in total. The van der Waals surface area contributed by atoms with Crippen LogP contribution in [0.1, 0.15) is 0 Å². The number of nitrogens with one attached hydrogen (secondary N) is 1. The van der Waals surface area contributed by atoms with Crippen molar-refractivity contribution in [3.63, 3.8) is 0 Å². The van der Waals surface area contributed by atoms with E-state index in [0.29, 0.717) is 13.1 Å². The van der Waals surface area contributed by atoms with Crippen molar-refractivity contribution in [2.75, 3.05) is 39.4 Å². The second-order valence-corrected chi connectivity index (χ2v) is 2.35. The van der Waals surface area contributed by atoms with E-state index in [1.54, 1.807) is 0 Å². The Bertz CT molecular complexity index is 77.4. The number of aliphatic hydroxyl groups excluding tert-OH is 3. The van der Waals surface area contributed by atoms with Gasteiger partial charge in [-0.15, -0.1) is 0 Å². The number of nitrogens with two attached hydrogens (primary N) is 2. The average molecular weight is 195 g/mol. The minimum Gasteiger partial charge on any atom is -0.394 e. The van der Waals surface area contributed by atoms with Crippen LogP contribution in [0.3, 0.4) is 0 Å². The molecule has 0 radical (unpaired) electrons. The fourth-order valence-corrected chi connectivity index (χ4v) is 0.387. The van der Waals surface area contributed by atoms with E-state index in [9.17, 15) is 0 Å². The lowest BCUT2D eigenvalue weighted by atomic mass is 10.4. The van der Waals surface area contributed by atoms with Gasteiger partial charge in [0.1, 0.15) is 6.10 Å². The van der Waals surface area contributed by atoms with Gasteiger partial charge in [-0.05, 0) is 0 Å². The topological polar surface area (TPSA) is 125 Å². The van der Waals surface area contributed by atoms with Crippen LogP contribution < -0.4 is 16.8 Å². The first kappa shape index (κ1) is 15.2. The van der Waals surface area contributed by atoms with Crippen LogP contribution in [0, 0.1) is 0 Å². The largest absolute Gasteiger partial charge is 0.394 e. The Morgan fingerprint density at radius 3 is 1.54 bits per heavy atom. The van der Waals surface area contributed by atoms with Crippen molar-refractivity contribution in [2.24, 2.45) is 11.5 Å². The quantitative estimate of drug-likeness (QED) is 0.248. The summed E-state index contributed by atoms with van der Waals surface area (Å²) in [5.74, 6) is 0. The molecule has 0 rings (SSSR count). The summed E-state index contributed by atoms with van der Waals surface area (Å²) in [7, 11) is 0. The Labute approximate surface area is 78.5 Å². The van der Waals surface area contributed by atoms with Gasteiger partial charge in [0, 0.05) is 26.2 Å². The zero-order valence-corrected chi connectivity index (χ0v) is 7.82. The molecule has 8 N–H and O–H groups in total. The Morgan fingerprint density at radius 2 is 1.38 bits per heavy atom. The highest BCUT2D eigenvalue weighted by molar-refractivity contribution is 4.45. The molecule has 0 aliphatic rings. The molecule has 6 heteroatoms. The van der Waals surface area contributed by atoms with E-state index in [4.69, 9.17) is 26.8 Å². The Balaban J connectivity index is 0. The van der Waals surface area contributed by atoms with Crippen molar-refractivity contribution < 1.29 is 15.3 Å². The van der Waals surface area contributed by atoms with E-state index < -0.39 is 6.10 Å². The zero-order valence-electron chi connectivity index (χ0n) is 7.82. The molecule has 0 aromatic carbocycles. The predicted molar refractivity (Wildman–Crippen MR) is 51.2 cm³/mol. The first-order chi connectivity index (χ1) is 6.22. The van der Waals surface area contributed by atoms with Crippen LogP contribution in [-0.2, 0) is 0 Å². The molecule has 0 unspecified atom stereocenters. The van der Waals surface area contributed by atoms with Gasteiger partial charge in [-0.3, -0.25) is 0 Å². The first-order valence-electron chi connectivity index (χ1n) is 4.23. The number of hydrogen-bond donors (Lipinski definition) is 6. The summed E-state index contributed by atoms with van der Waals surface area (Å²) < 4.78 is 0. The van der Waals surface area contributed by atoms with Crippen molar-refractivity contribution in [1.29, 1.82) is 0 Å². The Hall–Kier alpha value is -0.240. The van der Waals surface area contributed by atoms with E-state index in [2.05, 4.69) is 5.32 Å². The lowest BCUT2D eigenvalue weighted by Crippen LogP contribution is -2.27. The van der Waals surface area contributed by atoms with Gasteiger partial charge < -0.3 is 32.1 Å². The molecular weight excluding hydrogens is 174 g/mol. The Kier molecular flexibility index (Phi) is 16.8. The summed E-state index contributed by atoms with van der Waals surface area (Å²) in [4.78, 5) is 0. The molecule has 0 amide bonds. The summed E-state index contributed by atoms with van der Waals surface area (Å²) in [6.07, 6.45) is -0.954. The molecular formula is C7H21N3O3. The first-order valence-corrected chi connectivity index (χ1v) is 4.23. The van der Waals surface area contributed by atoms with Crippen LogP contribution in [0.25, 0.3) is 0 Å². The third-order valence-corrected chi connectivity index (χ3v) is 1.06. The van der Waals surface area contributed by atoms with Gasteiger partial charge in [-0.1, -0.05) is 0 Å². The normalized spacial score (nSPS) is 9.69. The molecule has 0 heterocycles. The molecule has 0 atom stereocenters. The predicted octanol–water partition coefficient (Wildman–Crippen LogP) is -3.17. The smallest absolute Gasteiger partial charge is 0.100 e. The number of rotatable bonds is 6. The highest BCUT2D eigenvalue weighted by Gasteiger charge is 1.93. The SMILES string of the molecule is NCCNCCN.OCC(O)CO. The highest BCUT2D eigenvalue weighted by Crippen LogP contribution is 1.71. The van der Waals surface area contributed by atoms with Crippen LogP contribution in [0.15, 0.2) is 0 Å². The van der Waals surface area contributed by atoms with Gasteiger partial charge in [0.05, 0.1) is 13.2 Å². The standard InChI is InChI=1S/C4H13N3.C3H8O3/c5-1-3-7-4-2-6;4-1-3(6)2-5/h7H,1-6H2;3-6H,1-2H2. The molecule has 0 aliphatic carbocycles. The molecule has 0 saturated carbocycles. The molecule has 0 aromatic rings. The average Bonchev–Trinajstić information content (AvgIpc) is 2.18. The second kappa shape index (κ2) is 14.3. The molecule has 0 saturated heterocycles. The van der Waals surface area contributed by atoms with Crippen molar-refractivity contribution in [3.05, 3.63) is 0 Å².